The van der Waals surface area contributed by atoms with Gasteiger partial charge in [0.2, 0.25) is 0 Å². The van der Waals surface area contributed by atoms with E-state index in [9.17, 15) is 18.4 Å². The highest BCUT2D eigenvalue weighted by Gasteiger charge is 2.49. The van der Waals surface area contributed by atoms with E-state index in [0.717, 1.165) is 21.5 Å². The summed E-state index contributed by atoms with van der Waals surface area (Å²) in [7, 11) is 0. The van der Waals surface area contributed by atoms with Gasteiger partial charge in [0.15, 0.2) is 0 Å². The van der Waals surface area contributed by atoms with Crippen LogP contribution >= 0.6 is 0 Å². The number of ether oxygens (including phenoxy) is 1. The Kier molecular flexibility index (Phi) is 4.81. The van der Waals surface area contributed by atoms with Crippen LogP contribution in [0.3, 0.4) is 0 Å². The number of halogens is 2. The van der Waals surface area contributed by atoms with Gasteiger partial charge in [-0.2, -0.15) is 8.78 Å². The molecule has 1 aromatic heterocycles. The van der Waals surface area contributed by atoms with Crippen LogP contribution in [0.4, 0.5) is 13.6 Å². The number of hydrogen-bond acceptors (Lipinski definition) is 5. The fraction of sp³-hybridized carbons (Fsp3) is 0.238. The minimum Gasteiger partial charge on any atom is -0.435 e. The number of nitrogens with zero attached hydrogens (tertiary/aromatic N) is 3. The Hall–Kier alpha value is -3.62. The summed E-state index contributed by atoms with van der Waals surface area (Å²) in [6.45, 7) is 0.369. The van der Waals surface area contributed by atoms with Crippen molar-refractivity contribution in [2.45, 2.75) is 32.5 Å². The van der Waals surface area contributed by atoms with E-state index in [4.69, 9.17) is 0 Å². The lowest BCUT2D eigenvalue weighted by molar-refractivity contribution is -0.131. The lowest BCUT2D eigenvalue weighted by atomic mass is 9.92. The van der Waals surface area contributed by atoms with Crippen molar-refractivity contribution in [3.8, 4) is 5.75 Å². The monoisotopic (exact) mass is 412 g/mol. The number of urea groups is 1. The molecule has 3 aromatic rings. The predicted molar refractivity (Wildman–Crippen MR) is 104 cm³/mol. The molecule has 0 radical (unpaired) electrons. The molecule has 2 heterocycles. The van der Waals surface area contributed by atoms with Crippen molar-refractivity contribution in [1.29, 1.82) is 0 Å². The summed E-state index contributed by atoms with van der Waals surface area (Å²) in [6.07, 6.45) is 0. The van der Waals surface area contributed by atoms with Gasteiger partial charge in [-0.3, -0.25) is 9.69 Å². The van der Waals surface area contributed by atoms with Crippen LogP contribution in [0.15, 0.2) is 48.5 Å². The van der Waals surface area contributed by atoms with Crippen molar-refractivity contribution in [3.63, 3.8) is 0 Å². The van der Waals surface area contributed by atoms with Crippen LogP contribution in [0.5, 0.6) is 5.75 Å². The highest BCUT2D eigenvalue weighted by Crippen LogP contribution is 2.31. The molecular weight excluding hydrogens is 394 g/mol. The van der Waals surface area contributed by atoms with E-state index >= 15 is 0 Å². The van der Waals surface area contributed by atoms with Gasteiger partial charge in [-0.05, 0) is 37.6 Å². The number of alkyl halides is 2. The topological polar surface area (TPSA) is 84.4 Å². The molecule has 1 fully saturated rings. The summed E-state index contributed by atoms with van der Waals surface area (Å²) < 4.78 is 29.0. The number of aromatic nitrogens is 2. The largest absolute Gasteiger partial charge is 0.435 e. The Balaban J connectivity index is 1.59. The van der Waals surface area contributed by atoms with E-state index in [0.29, 0.717) is 11.4 Å². The second-order valence-electron chi connectivity index (χ2n) is 7.09. The molecule has 30 heavy (non-hydrogen) atoms. The van der Waals surface area contributed by atoms with Crippen LogP contribution in [-0.4, -0.2) is 33.4 Å². The molecule has 7 nitrogen and oxygen atoms in total. The van der Waals surface area contributed by atoms with Crippen molar-refractivity contribution in [2.75, 3.05) is 0 Å². The Bertz CT molecular complexity index is 1140. The average Bonchev–Trinajstić information content (AvgIpc) is 2.92. The smallest absolute Gasteiger partial charge is 0.387 e. The minimum absolute atomic E-state index is 0.0361. The van der Waals surface area contributed by atoms with Crippen LogP contribution in [0, 0.1) is 6.92 Å². The fourth-order valence-electron chi connectivity index (χ4n) is 3.51. The number of para-hydroxylation sites is 1. The number of benzene rings is 2. The predicted octanol–water partition coefficient (Wildman–Crippen LogP) is 3.51. The number of rotatable bonds is 5. The lowest BCUT2D eigenvalue weighted by Crippen LogP contribution is -2.40. The molecule has 1 N–H and O–H groups in total. The highest BCUT2D eigenvalue weighted by atomic mass is 19.3. The van der Waals surface area contributed by atoms with Crippen LogP contribution in [0.2, 0.25) is 0 Å². The molecule has 0 bridgehead atoms. The number of amides is 3. The Labute approximate surface area is 170 Å². The first kappa shape index (κ1) is 19.7. The van der Waals surface area contributed by atoms with Gasteiger partial charge >= 0.3 is 12.6 Å². The normalized spacial score (nSPS) is 18.9. The van der Waals surface area contributed by atoms with Crippen LogP contribution in [-0.2, 0) is 16.9 Å². The van der Waals surface area contributed by atoms with Crippen LogP contribution < -0.4 is 10.1 Å². The average molecular weight is 412 g/mol. The molecule has 0 saturated carbocycles. The summed E-state index contributed by atoms with van der Waals surface area (Å²) in [6, 6.07) is 12.5. The Morgan fingerprint density at radius 2 is 1.80 bits per heavy atom. The van der Waals surface area contributed by atoms with Crippen molar-refractivity contribution < 1.29 is 23.1 Å². The van der Waals surface area contributed by atoms with Crippen LogP contribution in [0.1, 0.15) is 24.0 Å². The first-order valence-electron chi connectivity index (χ1n) is 9.19. The maximum Gasteiger partial charge on any atom is 0.387 e. The van der Waals surface area contributed by atoms with E-state index in [2.05, 4.69) is 20.0 Å². The molecule has 0 spiro atoms. The van der Waals surface area contributed by atoms with E-state index in [1.165, 1.54) is 24.3 Å². The second kappa shape index (κ2) is 7.33. The van der Waals surface area contributed by atoms with E-state index in [1.807, 2.05) is 31.2 Å². The molecule has 1 atom stereocenters. The number of imide groups is 1. The number of aryl methyl sites for hydroxylation is 1. The lowest BCUT2D eigenvalue weighted by Gasteiger charge is -2.22. The number of carbonyl (C=O) groups is 2. The maximum atomic E-state index is 13.1. The first-order chi connectivity index (χ1) is 14.3. The van der Waals surface area contributed by atoms with Crippen molar-refractivity contribution in [2.24, 2.45) is 0 Å². The van der Waals surface area contributed by atoms with E-state index in [1.54, 1.807) is 6.92 Å². The molecule has 2 aromatic carbocycles. The number of hydrogen-bond donors (Lipinski definition) is 1. The van der Waals surface area contributed by atoms with Gasteiger partial charge in [-0.15, -0.1) is 0 Å². The van der Waals surface area contributed by atoms with Gasteiger partial charge in [0.1, 0.15) is 17.1 Å². The molecule has 1 aliphatic heterocycles. The van der Waals surface area contributed by atoms with E-state index in [-0.39, 0.29) is 12.3 Å². The second-order valence-corrected chi connectivity index (χ2v) is 7.09. The quantitative estimate of drug-likeness (QED) is 0.649. The third-order valence-electron chi connectivity index (χ3n) is 5.07. The molecule has 4 rings (SSSR count). The zero-order chi connectivity index (χ0) is 21.5. The summed E-state index contributed by atoms with van der Waals surface area (Å²) in [5.41, 5.74) is 0.580. The molecule has 154 valence electrons. The fourth-order valence-corrected chi connectivity index (χ4v) is 3.51. The minimum atomic E-state index is -2.94. The summed E-state index contributed by atoms with van der Waals surface area (Å²) in [5, 5.41) is 3.57. The molecule has 1 aliphatic rings. The molecule has 0 aliphatic carbocycles. The standard InChI is InChI=1S/C21H18F2N4O3/c1-12-15-5-3-4-6-16(15)25-17(24-12)11-27-18(28)21(2,26-20(27)29)13-7-9-14(10-8-13)30-19(22)23/h3-10,19H,11H2,1-2H3,(H,26,29). The molecule has 3 amide bonds. The van der Waals surface area contributed by atoms with Crippen molar-refractivity contribution >= 4 is 22.8 Å². The summed E-state index contributed by atoms with van der Waals surface area (Å²) in [4.78, 5) is 35.6. The van der Waals surface area contributed by atoms with Gasteiger partial charge in [-0.25, -0.2) is 14.8 Å². The van der Waals surface area contributed by atoms with Crippen LogP contribution in [0.25, 0.3) is 10.9 Å². The van der Waals surface area contributed by atoms with Gasteiger partial charge in [0.05, 0.1) is 12.1 Å². The van der Waals surface area contributed by atoms with Crippen molar-refractivity contribution in [3.05, 3.63) is 65.6 Å². The third kappa shape index (κ3) is 3.42. The highest BCUT2D eigenvalue weighted by molar-refractivity contribution is 6.07. The molecular formula is C21H18F2N4O3. The summed E-state index contributed by atoms with van der Waals surface area (Å²) in [5.74, 6) is -0.171. The zero-order valence-electron chi connectivity index (χ0n) is 16.2. The van der Waals surface area contributed by atoms with Gasteiger partial charge in [0, 0.05) is 11.1 Å². The number of carbonyl (C=O) groups excluding carboxylic acids is 2. The first-order valence-corrected chi connectivity index (χ1v) is 9.19. The van der Waals surface area contributed by atoms with E-state index < -0.39 is 24.1 Å². The molecule has 1 saturated heterocycles. The van der Waals surface area contributed by atoms with Gasteiger partial charge < -0.3 is 10.1 Å². The van der Waals surface area contributed by atoms with Crippen molar-refractivity contribution in [1.82, 2.24) is 20.2 Å². The third-order valence-corrected chi connectivity index (χ3v) is 5.07. The zero-order valence-corrected chi connectivity index (χ0v) is 16.2. The SMILES string of the molecule is Cc1nc(CN2C(=O)NC(C)(c3ccc(OC(F)F)cc3)C2=O)nc2ccccc12. The van der Waals surface area contributed by atoms with Gasteiger partial charge in [-0.1, -0.05) is 30.3 Å². The Morgan fingerprint density at radius 1 is 1.10 bits per heavy atom. The maximum absolute atomic E-state index is 13.1. The van der Waals surface area contributed by atoms with Gasteiger partial charge in [0.25, 0.3) is 5.91 Å². The summed E-state index contributed by atoms with van der Waals surface area (Å²) >= 11 is 0. The number of fused-ring (bicyclic) bond motifs is 1. The number of nitrogens with one attached hydrogen (secondary N) is 1. The Morgan fingerprint density at radius 3 is 2.50 bits per heavy atom. The molecule has 9 heteroatoms. The molecule has 1 unspecified atom stereocenters.